The van der Waals surface area contributed by atoms with Crippen LogP contribution in [-0.4, -0.2) is 11.1 Å². The van der Waals surface area contributed by atoms with Gasteiger partial charge in [-0.3, -0.25) is 0 Å². The standard InChI is InChI=1S/C19H22N2/c1-15-7-2-3-8-16(15)13-21-14-17(9-6-12-20)18-10-4-5-11-19(18)21/h2-5,7-8,10-11,14H,6,9,12-13,20H2,1H3. The number of rotatable bonds is 5. The van der Waals surface area contributed by atoms with Crippen molar-refractivity contribution in [2.24, 2.45) is 5.73 Å². The van der Waals surface area contributed by atoms with Crippen LogP contribution in [0.4, 0.5) is 0 Å². The van der Waals surface area contributed by atoms with Crippen LogP contribution in [0.1, 0.15) is 23.1 Å². The highest BCUT2D eigenvalue weighted by molar-refractivity contribution is 5.84. The zero-order chi connectivity index (χ0) is 14.7. The van der Waals surface area contributed by atoms with E-state index in [2.05, 4.69) is 66.2 Å². The first-order valence-corrected chi connectivity index (χ1v) is 7.61. The van der Waals surface area contributed by atoms with Gasteiger partial charge in [0.05, 0.1) is 0 Å². The van der Waals surface area contributed by atoms with Crippen LogP contribution in [0.25, 0.3) is 10.9 Å². The average Bonchev–Trinajstić information content (AvgIpc) is 2.86. The van der Waals surface area contributed by atoms with Gasteiger partial charge in [-0.1, -0.05) is 42.5 Å². The van der Waals surface area contributed by atoms with Gasteiger partial charge >= 0.3 is 0 Å². The second-order valence-electron chi connectivity index (χ2n) is 5.62. The van der Waals surface area contributed by atoms with Crippen molar-refractivity contribution in [3.05, 3.63) is 71.4 Å². The van der Waals surface area contributed by atoms with Crippen molar-refractivity contribution >= 4 is 10.9 Å². The highest BCUT2D eigenvalue weighted by Crippen LogP contribution is 2.24. The smallest absolute Gasteiger partial charge is 0.0486 e. The lowest BCUT2D eigenvalue weighted by Crippen LogP contribution is -2.01. The third-order valence-corrected chi connectivity index (χ3v) is 4.12. The maximum absolute atomic E-state index is 5.66. The molecule has 2 N–H and O–H groups in total. The molecule has 0 spiro atoms. The Morgan fingerprint density at radius 3 is 2.52 bits per heavy atom. The summed E-state index contributed by atoms with van der Waals surface area (Å²) < 4.78 is 2.36. The van der Waals surface area contributed by atoms with Gasteiger partial charge in [0, 0.05) is 23.6 Å². The molecule has 1 heterocycles. The van der Waals surface area contributed by atoms with Gasteiger partial charge in [-0.05, 0) is 49.1 Å². The molecule has 0 bridgehead atoms. The number of nitrogens with two attached hydrogens (primary N) is 1. The summed E-state index contributed by atoms with van der Waals surface area (Å²) in [4.78, 5) is 0. The molecule has 0 aliphatic carbocycles. The molecule has 1 aromatic heterocycles. The molecule has 108 valence electrons. The van der Waals surface area contributed by atoms with Crippen LogP contribution < -0.4 is 5.73 Å². The van der Waals surface area contributed by atoms with E-state index < -0.39 is 0 Å². The minimum absolute atomic E-state index is 0.747. The predicted octanol–water partition coefficient (Wildman–Crippen LogP) is 3.89. The number of fused-ring (bicyclic) bond motifs is 1. The molecule has 0 saturated heterocycles. The van der Waals surface area contributed by atoms with Gasteiger partial charge in [0.15, 0.2) is 0 Å². The number of para-hydroxylation sites is 1. The number of aromatic nitrogens is 1. The topological polar surface area (TPSA) is 30.9 Å². The third-order valence-electron chi connectivity index (χ3n) is 4.12. The molecule has 0 saturated carbocycles. The van der Waals surface area contributed by atoms with Gasteiger partial charge < -0.3 is 10.3 Å². The van der Waals surface area contributed by atoms with Gasteiger partial charge in [-0.2, -0.15) is 0 Å². The fourth-order valence-electron chi connectivity index (χ4n) is 2.92. The fourth-order valence-corrected chi connectivity index (χ4v) is 2.92. The van der Waals surface area contributed by atoms with Crippen molar-refractivity contribution in [2.75, 3.05) is 6.54 Å². The number of hydrogen-bond donors (Lipinski definition) is 1. The normalized spacial score (nSPS) is 11.1. The molecular formula is C19H22N2. The van der Waals surface area contributed by atoms with Gasteiger partial charge in [0.25, 0.3) is 0 Å². The molecule has 2 nitrogen and oxygen atoms in total. The maximum Gasteiger partial charge on any atom is 0.0486 e. The summed E-state index contributed by atoms with van der Waals surface area (Å²) in [7, 11) is 0. The van der Waals surface area contributed by atoms with Crippen molar-refractivity contribution in [2.45, 2.75) is 26.3 Å². The zero-order valence-electron chi connectivity index (χ0n) is 12.5. The zero-order valence-corrected chi connectivity index (χ0v) is 12.5. The summed E-state index contributed by atoms with van der Waals surface area (Å²) in [5.41, 5.74) is 11.1. The monoisotopic (exact) mass is 278 g/mol. The van der Waals surface area contributed by atoms with Gasteiger partial charge in [0.1, 0.15) is 0 Å². The van der Waals surface area contributed by atoms with Crippen LogP contribution in [0.15, 0.2) is 54.7 Å². The summed E-state index contributed by atoms with van der Waals surface area (Å²) >= 11 is 0. The van der Waals surface area contributed by atoms with Crippen LogP contribution in [0.3, 0.4) is 0 Å². The Balaban J connectivity index is 2.00. The summed E-state index contributed by atoms with van der Waals surface area (Å²) in [6, 6.07) is 17.3. The predicted molar refractivity (Wildman–Crippen MR) is 89.6 cm³/mol. The first kappa shape index (κ1) is 13.9. The van der Waals surface area contributed by atoms with Crippen molar-refractivity contribution < 1.29 is 0 Å². The summed E-state index contributed by atoms with van der Waals surface area (Å²) in [6.07, 6.45) is 4.39. The summed E-state index contributed by atoms with van der Waals surface area (Å²) in [6.45, 7) is 3.85. The highest BCUT2D eigenvalue weighted by atomic mass is 15.0. The Kier molecular flexibility index (Phi) is 4.07. The first-order chi connectivity index (χ1) is 10.3. The fraction of sp³-hybridized carbons (Fsp3) is 0.263. The lowest BCUT2D eigenvalue weighted by Gasteiger charge is -2.08. The Bertz CT molecular complexity index is 740. The van der Waals surface area contributed by atoms with Crippen molar-refractivity contribution in [3.8, 4) is 0 Å². The molecule has 0 amide bonds. The third kappa shape index (κ3) is 2.86. The maximum atomic E-state index is 5.66. The quantitative estimate of drug-likeness (QED) is 0.754. The van der Waals surface area contributed by atoms with E-state index in [-0.39, 0.29) is 0 Å². The molecule has 0 radical (unpaired) electrons. The van der Waals surface area contributed by atoms with Crippen LogP contribution >= 0.6 is 0 Å². The molecule has 3 rings (SSSR count). The van der Waals surface area contributed by atoms with Crippen molar-refractivity contribution in [1.82, 2.24) is 4.57 Å². The van der Waals surface area contributed by atoms with E-state index in [9.17, 15) is 0 Å². The minimum atomic E-state index is 0.747. The largest absolute Gasteiger partial charge is 0.343 e. The molecule has 21 heavy (non-hydrogen) atoms. The van der Waals surface area contributed by atoms with Crippen LogP contribution in [0.2, 0.25) is 0 Å². The van der Waals surface area contributed by atoms with E-state index in [1.807, 2.05) is 0 Å². The van der Waals surface area contributed by atoms with Crippen molar-refractivity contribution in [1.29, 1.82) is 0 Å². The second kappa shape index (κ2) is 6.15. The van der Waals surface area contributed by atoms with Crippen molar-refractivity contribution in [3.63, 3.8) is 0 Å². The number of hydrogen-bond acceptors (Lipinski definition) is 1. The lowest BCUT2D eigenvalue weighted by atomic mass is 10.1. The molecule has 0 fully saturated rings. The van der Waals surface area contributed by atoms with Crippen LogP contribution in [0.5, 0.6) is 0 Å². The lowest BCUT2D eigenvalue weighted by molar-refractivity contribution is 0.803. The SMILES string of the molecule is Cc1ccccc1Cn1cc(CCCN)c2ccccc21. The number of benzene rings is 2. The molecule has 0 aliphatic rings. The molecule has 2 aromatic carbocycles. The molecule has 0 aliphatic heterocycles. The van der Waals surface area contributed by atoms with Gasteiger partial charge in [-0.15, -0.1) is 0 Å². The summed E-state index contributed by atoms with van der Waals surface area (Å²) in [5, 5.41) is 1.36. The molecule has 2 heteroatoms. The molecular weight excluding hydrogens is 256 g/mol. The summed E-state index contributed by atoms with van der Waals surface area (Å²) in [5.74, 6) is 0. The Morgan fingerprint density at radius 2 is 1.71 bits per heavy atom. The first-order valence-electron chi connectivity index (χ1n) is 7.61. The van der Waals surface area contributed by atoms with E-state index in [4.69, 9.17) is 5.73 Å². The Morgan fingerprint density at radius 1 is 0.952 bits per heavy atom. The van der Waals surface area contributed by atoms with E-state index in [1.165, 1.54) is 27.6 Å². The average molecular weight is 278 g/mol. The van der Waals surface area contributed by atoms with Gasteiger partial charge in [0.2, 0.25) is 0 Å². The highest BCUT2D eigenvalue weighted by Gasteiger charge is 2.08. The van der Waals surface area contributed by atoms with Crippen LogP contribution in [0, 0.1) is 6.92 Å². The van der Waals surface area contributed by atoms with E-state index >= 15 is 0 Å². The minimum Gasteiger partial charge on any atom is -0.343 e. The molecule has 0 unspecified atom stereocenters. The van der Waals surface area contributed by atoms with Gasteiger partial charge in [-0.25, -0.2) is 0 Å². The van der Waals surface area contributed by atoms with E-state index in [1.54, 1.807) is 0 Å². The second-order valence-corrected chi connectivity index (χ2v) is 5.62. The van der Waals surface area contributed by atoms with E-state index in [0.29, 0.717) is 0 Å². The number of aryl methyl sites for hydroxylation is 2. The Labute approximate surface area is 126 Å². The molecule has 3 aromatic rings. The van der Waals surface area contributed by atoms with Crippen LogP contribution in [-0.2, 0) is 13.0 Å². The van der Waals surface area contributed by atoms with E-state index in [0.717, 1.165) is 25.9 Å². The Hall–Kier alpha value is -2.06. The number of nitrogens with zero attached hydrogens (tertiary/aromatic N) is 1. The molecule has 0 atom stereocenters.